The first-order chi connectivity index (χ1) is 15.4. The molecule has 0 aliphatic heterocycles. The van der Waals surface area contributed by atoms with Gasteiger partial charge in [-0.05, 0) is 48.7 Å². The molecule has 0 aliphatic carbocycles. The molecule has 0 saturated carbocycles. The average Bonchev–Trinajstić information content (AvgIpc) is 3.41. The molecule has 2 aromatic carbocycles. The quantitative estimate of drug-likeness (QED) is 0.350. The highest BCUT2D eigenvalue weighted by atomic mass is 32.2. The molecule has 0 radical (unpaired) electrons. The smallest absolute Gasteiger partial charge is 0.326 e. The predicted octanol–water partition coefficient (Wildman–Crippen LogP) is 3.74. The van der Waals surface area contributed by atoms with Crippen LogP contribution in [0.1, 0.15) is 16.7 Å². The third-order valence-corrected chi connectivity index (χ3v) is 6.04. The van der Waals surface area contributed by atoms with E-state index in [-0.39, 0.29) is 17.4 Å². The van der Waals surface area contributed by atoms with Crippen molar-refractivity contribution in [1.29, 1.82) is 0 Å². The summed E-state index contributed by atoms with van der Waals surface area (Å²) < 4.78 is 5.64. The normalized spacial score (nSPS) is 12.1. The Balaban J connectivity index is 1.36. The highest BCUT2D eigenvalue weighted by Gasteiger charge is 2.22. The molecule has 1 amide bonds. The zero-order valence-electron chi connectivity index (χ0n) is 17.6. The lowest BCUT2D eigenvalue weighted by molar-refractivity contribution is -0.141. The number of thioether (sulfide) groups is 1. The number of fused-ring (bicyclic) bond motifs is 1. The van der Waals surface area contributed by atoms with Crippen molar-refractivity contribution in [2.24, 2.45) is 0 Å². The molecular weight excluding hydrogens is 428 g/mol. The summed E-state index contributed by atoms with van der Waals surface area (Å²) >= 11 is 1.06. The van der Waals surface area contributed by atoms with Crippen LogP contribution in [0.2, 0.25) is 0 Å². The zero-order valence-corrected chi connectivity index (χ0v) is 18.4. The second-order valence-electron chi connectivity index (χ2n) is 7.48. The van der Waals surface area contributed by atoms with Crippen molar-refractivity contribution in [2.75, 3.05) is 5.75 Å². The van der Waals surface area contributed by atoms with Crippen molar-refractivity contribution >= 4 is 34.5 Å². The number of rotatable bonds is 8. The molecule has 4 aromatic rings. The average molecular weight is 451 g/mol. The van der Waals surface area contributed by atoms with Crippen LogP contribution in [0.4, 0.5) is 0 Å². The summed E-state index contributed by atoms with van der Waals surface area (Å²) in [6.07, 6.45) is 1.95. The van der Waals surface area contributed by atoms with E-state index in [1.165, 1.54) is 5.56 Å². The Morgan fingerprint density at radius 3 is 2.75 bits per heavy atom. The fourth-order valence-electron chi connectivity index (χ4n) is 3.34. The summed E-state index contributed by atoms with van der Waals surface area (Å²) in [6.45, 7) is 4.03. The molecule has 0 bridgehead atoms. The lowest BCUT2D eigenvalue weighted by Gasteiger charge is -2.13. The summed E-state index contributed by atoms with van der Waals surface area (Å²) in [6, 6.07) is 12.4. The maximum Gasteiger partial charge on any atom is 0.326 e. The number of nitrogens with zero attached hydrogens (tertiary/aromatic N) is 2. The molecule has 8 nitrogen and oxygen atoms in total. The van der Waals surface area contributed by atoms with Gasteiger partial charge in [0.1, 0.15) is 6.04 Å². The summed E-state index contributed by atoms with van der Waals surface area (Å²) in [5.74, 6) is -1.18. The number of carbonyl (C=O) groups excluding carboxylic acids is 1. The van der Waals surface area contributed by atoms with E-state index in [1.54, 1.807) is 6.20 Å². The minimum absolute atomic E-state index is 0.0355. The fourth-order valence-corrected chi connectivity index (χ4v) is 3.92. The fraction of sp³-hybridized carbons (Fsp3) is 0.217. The van der Waals surface area contributed by atoms with Crippen LogP contribution in [-0.2, 0) is 16.0 Å². The third kappa shape index (κ3) is 4.83. The third-order valence-electron chi connectivity index (χ3n) is 5.22. The predicted molar refractivity (Wildman–Crippen MR) is 122 cm³/mol. The second kappa shape index (κ2) is 9.27. The number of benzene rings is 2. The Hall–Kier alpha value is -3.59. The summed E-state index contributed by atoms with van der Waals surface area (Å²) in [5, 5.41) is 21.3. The highest BCUT2D eigenvalue weighted by Crippen LogP contribution is 2.25. The number of aryl methyl sites for hydroxylation is 2. The Labute approximate surface area is 188 Å². The molecule has 3 N–H and O–H groups in total. The van der Waals surface area contributed by atoms with Crippen LogP contribution in [-0.4, -0.2) is 44.0 Å². The van der Waals surface area contributed by atoms with Crippen molar-refractivity contribution in [3.63, 3.8) is 0 Å². The number of carboxylic acid groups (broad SMARTS) is 1. The van der Waals surface area contributed by atoms with Crippen LogP contribution in [0.25, 0.3) is 22.4 Å². The lowest BCUT2D eigenvalue weighted by atomic mass is 10.1. The topological polar surface area (TPSA) is 121 Å². The van der Waals surface area contributed by atoms with Gasteiger partial charge in [0.25, 0.3) is 5.22 Å². The van der Waals surface area contributed by atoms with Gasteiger partial charge in [-0.1, -0.05) is 36.0 Å². The molecule has 9 heteroatoms. The van der Waals surface area contributed by atoms with E-state index in [4.69, 9.17) is 4.42 Å². The summed E-state index contributed by atoms with van der Waals surface area (Å²) in [4.78, 5) is 27.2. The molecule has 1 atom stereocenters. The standard InChI is InChI=1S/C23H22N4O4S/c1-13-7-8-15(9-14(13)2)21-26-27-23(31-21)32-12-20(28)25-19(22(29)30)10-16-11-24-18-6-4-3-5-17(16)18/h3-9,11,19,24H,10,12H2,1-2H3,(H,25,28)(H,29,30). The van der Waals surface area contributed by atoms with Crippen LogP contribution in [0.15, 0.2) is 58.3 Å². The van der Waals surface area contributed by atoms with E-state index in [9.17, 15) is 14.7 Å². The van der Waals surface area contributed by atoms with Crippen molar-refractivity contribution in [1.82, 2.24) is 20.5 Å². The van der Waals surface area contributed by atoms with Crippen LogP contribution in [0.3, 0.4) is 0 Å². The van der Waals surface area contributed by atoms with Crippen LogP contribution in [0, 0.1) is 13.8 Å². The SMILES string of the molecule is Cc1ccc(-c2nnc(SCC(=O)NC(Cc3c[nH]c4ccccc34)C(=O)O)o2)cc1C. The zero-order chi connectivity index (χ0) is 22.7. The lowest BCUT2D eigenvalue weighted by Crippen LogP contribution is -2.43. The summed E-state index contributed by atoms with van der Waals surface area (Å²) in [5.41, 5.74) is 4.84. The van der Waals surface area contributed by atoms with Crippen molar-refractivity contribution < 1.29 is 19.1 Å². The largest absolute Gasteiger partial charge is 0.480 e. The number of hydrogen-bond acceptors (Lipinski definition) is 6. The second-order valence-corrected chi connectivity index (χ2v) is 8.41. The van der Waals surface area contributed by atoms with E-state index in [0.717, 1.165) is 39.4 Å². The van der Waals surface area contributed by atoms with Gasteiger partial charge >= 0.3 is 5.97 Å². The number of amides is 1. The maximum absolute atomic E-state index is 12.4. The molecule has 2 heterocycles. The van der Waals surface area contributed by atoms with Crippen molar-refractivity contribution in [3.05, 3.63) is 65.4 Å². The van der Waals surface area contributed by atoms with Gasteiger partial charge in [0, 0.05) is 29.1 Å². The Morgan fingerprint density at radius 1 is 1.16 bits per heavy atom. The first-order valence-electron chi connectivity index (χ1n) is 10.0. The van der Waals surface area contributed by atoms with Gasteiger partial charge in [-0.15, -0.1) is 10.2 Å². The van der Waals surface area contributed by atoms with Gasteiger partial charge in [-0.2, -0.15) is 0 Å². The number of hydrogen-bond donors (Lipinski definition) is 3. The molecule has 0 saturated heterocycles. The Bertz CT molecular complexity index is 1280. The molecule has 1 unspecified atom stereocenters. The molecule has 0 spiro atoms. The molecule has 0 fully saturated rings. The van der Waals surface area contributed by atoms with E-state index in [0.29, 0.717) is 5.89 Å². The number of aromatic nitrogens is 3. The van der Waals surface area contributed by atoms with E-state index in [2.05, 4.69) is 20.5 Å². The van der Waals surface area contributed by atoms with Gasteiger partial charge in [0.05, 0.1) is 5.75 Å². The molecule has 164 valence electrons. The molecule has 2 aromatic heterocycles. The summed E-state index contributed by atoms with van der Waals surface area (Å²) in [7, 11) is 0. The van der Waals surface area contributed by atoms with E-state index in [1.807, 2.05) is 56.3 Å². The van der Waals surface area contributed by atoms with E-state index < -0.39 is 17.9 Å². The molecule has 32 heavy (non-hydrogen) atoms. The Kier molecular flexibility index (Phi) is 6.27. The first kappa shape index (κ1) is 21.6. The van der Waals surface area contributed by atoms with Crippen LogP contribution >= 0.6 is 11.8 Å². The van der Waals surface area contributed by atoms with Gasteiger partial charge in [-0.3, -0.25) is 4.79 Å². The first-order valence-corrected chi connectivity index (χ1v) is 11.0. The van der Waals surface area contributed by atoms with Crippen LogP contribution < -0.4 is 5.32 Å². The van der Waals surface area contributed by atoms with Gasteiger partial charge in [-0.25, -0.2) is 4.79 Å². The minimum atomic E-state index is -1.09. The van der Waals surface area contributed by atoms with E-state index >= 15 is 0 Å². The monoisotopic (exact) mass is 450 g/mol. The maximum atomic E-state index is 12.4. The molecule has 4 rings (SSSR count). The van der Waals surface area contributed by atoms with Gasteiger partial charge in [0.2, 0.25) is 11.8 Å². The number of aromatic amines is 1. The van der Waals surface area contributed by atoms with Crippen LogP contribution in [0.5, 0.6) is 0 Å². The van der Waals surface area contributed by atoms with Crippen molar-refractivity contribution in [3.8, 4) is 11.5 Å². The number of carbonyl (C=O) groups is 2. The van der Waals surface area contributed by atoms with Gasteiger partial charge < -0.3 is 19.8 Å². The number of aliphatic carboxylic acids is 1. The molecule has 0 aliphatic rings. The number of nitrogens with one attached hydrogen (secondary N) is 2. The highest BCUT2D eigenvalue weighted by molar-refractivity contribution is 7.99. The van der Waals surface area contributed by atoms with Gasteiger partial charge in [0.15, 0.2) is 0 Å². The number of carboxylic acids is 1. The Morgan fingerprint density at radius 2 is 1.97 bits per heavy atom. The number of para-hydroxylation sites is 1. The minimum Gasteiger partial charge on any atom is -0.480 e. The number of H-pyrrole nitrogens is 1. The molecular formula is C23H22N4O4S. The van der Waals surface area contributed by atoms with Crippen molar-refractivity contribution in [2.45, 2.75) is 31.5 Å².